The zero-order chi connectivity index (χ0) is 16.4. The molecular weight excluding hydrogens is 318 g/mol. The molecule has 2 aliphatic rings. The second kappa shape index (κ2) is 6.46. The van der Waals surface area contributed by atoms with Gasteiger partial charge in [-0.05, 0) is 25.2 Å². The number of likely N-dealkylation sites (tertiary alicyclic amines) is 1. The molecule has 0 aromatic carbocycles. The lowest BCUT2D eigenvalue weighted by molar-refractivity contribution is 0.176. The van der Waals surface area contributed by atoms with Crippen LogP contribution in [0.15, 0.2) is 6.33 Å². The summed E-state index contributed by atoms with van der Waals surface area (Å²) in [6, 6.07) is -0.110. The lowest BCUT2D eigenvalue weighted by Crippen LogP contribution is -2.46. The van der Waals surface area contributed by atoms with Gasteiger partial charge >= 0.3 is 6.03 Å². The Kier molecular flexibility index (Phi) is 4.56. The Morgan fingerprint density at radius 1 is 1.43 bits per heavy atom. The third-order valence-electron chi connectivity index (χ3n) is 4.69. The smallest absolute Gasteiger partial charge is 0.317 e. The van der Waals surface area contributed by atoms with Gasteiger partial charge in [0.25, 0.3) is 0 Å². The second-order valence-corrected chi connectivity index (χ2v) is 8.77. The molecule has 2 atom stereocenters. The Hall–Kier alpha value is -1.64. The van der Waals surface area contributed by atoms with E-state index in [0.717, 1.165) is 25.2 Å². The predicted molar refractivity (Wildman–Crippen MR) is 84.7 cm³/mol. The first kappa shape index (κ1) is 16.2. The summed E-state index contributed by atoms with van der Waals surface area (Å²) in [5.41, 5.74) is 0. The molecule has 9 heteroatoms. The summed E-state index contributed by atoms with van der Waals surface area (Å²) in [5.74, 6) is 1.59. The van der Waals surface area contributed by atoms with E-state index in [2.05, 4.69) is 15.5 Å². The number of rotatable bonds is 3. The first-order valence-electron chi connectivity index (χ1n) is 8.02. The van der Waals surface area contributed by atoms with Gasteiger partial charge in [0.15, 0.2) is 9.84 Å². The Morgan fingerprint density at radius 2 is 2.26 bits per heavy atom. The first-order valence-corrected chi connectivity index (χ1v) is 9.84. The van der Waals surface area contributed by atoms with Crippen LogP contribution in [0.1, 0.15) is 31.0 Å². The minimum Gasteiger partial charge on any atom is -0.338 e. The van der Waals surface area contributed by atoms with E-state index in [4.69, 9.17) is 0 Å². The molecule has 1 N–H and O–H groups in total. The highest BCUT2D eigenvalue weighted by Crippen LogP contribution is 2.25. The summed E-state index contributed by atoms with van der Waals surface area (Å²) in [6.45, 7) is 1.79. The number of nitrogens with one attached hydrogen (secondary N) is 1. The van der Waals surface area contributed by atoms with E-state index in [9.17, 15) is 13.2 Å². The number of carbonyl (C=O) groups excluding carboxylic acids is 1. The molecule has 0 radical (unpaired) electrons. The van der Waals surface area contributed by atoms with Crippen LogP contribution >= 0.6 is 0 Å². The fraction of sp³-hybridized carbons (Fsp3) is 0.786. The van der Waals surface area contributed by atoms with Gasteiger partial charge in [-0.1, -0.05) is 0 Å². The van der Waals surface area contributed by atoms with Crippen LogP contribution in [-0.4, -0.2) is 65.3 Å². The number of carbonyl (C=O) groups is 1. The average molecular weight is 341 g/mol. The summed E-state index contributed by atoms with van der Waals surface area (Å²) in [4.78, 5) is 14.1. The molecule has 3 rings (SSSR count). The zero-order valence-electron chi connectivity index (χ0n) is 13.3. The van der Waals surface area contributed by atoms with Crippen molar-refractivity contribution in [3.8, 4) is 0 Å². The average Bonchev–Trinajstić information content (AvgIpc) is 3.10. The molecule has 128 valence electrons. The molecule has 23 heavy (non-hydrogen) atoms. The van der Waals surface area contributed by atoms with Crippen LogP contribution in [0.3, 0.4) is 0 Å². The number of hydrogen-bond acceptors (Lipinski definition) is 5. The normalized spacial score (nSPS) is 27.1. The van der Waals surface area contributed by atoms with Gasteiger partial charge in [0, 0.05) is 32.6 Å². The van der Waals surface area contributed by atoms with Crippen LogP contribution in [0.25, 0.3) is 0 Å². The highest BCUT2D eigenvalue weighted by Gasteiger charge is 2.30. The highest BCUT2D eigenvalue weighted by atomic mass is 32.2. The molecule has 2 saturated heterocycles. The molecule has 2 fully saturated rings. The number of aromatic nitrogens is 3. The van der Waals surface area contributed by atoms with Crippen LogP contribution in [0.4, 0.5) is 4.79 Å². The van der Waals surface area contributed by atoms with Crippen LogP contribution in [0, 0.1) is 5.92 Å². The van der Waals surface area contributed by atoms with Crippen molar-refractivity contribution >= 4 is 15.9 Å². The Bertz CT molecular complexity index is 672. The van der Waals surface area contributed by atoms with Crippen molar-refractivity contribution in [2.24, 2.45) is 13.0 Å². The predicted octanol–water partition coefficient (Wildman–Crippen LogP) is 0.139. The summed E-state index contributed by atoms with van der Waals surface area (Å²) in [6.07, 6.45) is 4.25. The second-order valence-electron chi connectivity index (χ2n) is 6.54. The number of nitrogens with zero attached hydrogens (tertiary/aromatic N) is 4. The molecule has 0 unspecified atom stereocenters. The fourth-order valence-corrected chi connectivity index (χ4v) is 5.27. The maximum absolute atomic E-state index is 12.3. The number of sulfone groups is 1. The van der Waals surface area contributed by atoms with E-state index >= 15 is 0 Å². The van der Waals surface area contributed by atoms with Crippen molar-refractivity contribution in [1.29, 1.82) is 0 Å². The number of amides is 2. The minimum atomic E-state index is -2.89. The van der Waals surface area contributed by atoms with Gasteiger partial charge < -0.3 is 14.8 Å². The third-order valence-corrected chi connectivity index (χ3v) is 6.53. The maximum atomic E-state index is 12.3. The van der Waals surface area contributed by atoms with E-state index in [1.165, 1.54) is 0 Å². The number of aryl methyl sites for hydroxylation is 1. The van der Waals surface area contributed by atoms with Crippen LogP contribution in [-0.2, 0) is 16.9 Å². The van der Waals surface area contributed by atoms with Gasteiger partial charge in [0.05, 0.1) is 11.5 Å². The quantitative estimate of drug-likeness (QED) is 0.843. The fourth-order valence-electron chi connectivity index (χ4n) is 3.41. The van der Waals surface area contributed by atoms with Gasteiger partial charge in [-0.25, -0.2) is 13.2 Å². The molecule has 8 nitrogen and oxygen atoms in total. The van der Waals surface area contributed by atoms with Crippen molar-refractivity contribution in [2.75, 3.05) is 31.1 Å². The summed E-state index contributed by atoms with van der Waals surface area (Å²) < 4.78 is 24.8. The molecular formula is C14H23N5O3S. The van der Waals surface area contributed by atoms with E-state index in [1.807, 2.05) is 11.6 Å². The van der Waals surface area contributed by atoms with Crippen LogP contribution in [0.5, 0.6) is 0 Å². The van der Waals surface area contributed by atoms with Crippen molar-refractivity contribution in [2.45, 2.75) is 25.2 Å². The summed E-state index contributed by atoms with van der Waals surface area (Å²) >= 11 is 0. The van der Waals surface area contributed by atoms with Gasteiger partial charge in [0.1, 0.15) is 12.2 Å². The zero-order valence-corrected chi connectivity index (χ0v) is 14.1. The van der Waals surface area contributed by atoms with Gasteiger partial charge in [-0.15, -0.1) is 10.2 Å². The number of urea groups is 1. The van der Waals surface area contributed by atoms with Crippen molar-refractivity contribution < 1.29 is 13.2 Å². The molecule has 1 aromatic rings. The molecule has 0 saturated carbocycles. The van der Waals surface area contributed by atoms with E-state index in [-0.39, 0.29) is 29.4 Å². The third kappa shape index (κ3) is 3.82. The Balaban J connectivity index is 1.52. The van der Waals surface area contributed by atoms with E-state index < -0.39 is 9.84 Å². The monoisotopic (exact) mass is 341 g/mol. The van der Waals surface area contributed by atoms with Crippen LogP contribution < -0.4 is 5.32 Å². The van der Waals surface area contributed by atoms with Crippen molar-refractivity contribution in [3.05, 3.63) is 12.2 Å². The van der Waals surface area contributed by atoms with E-state index in [0.29, 0.717) is 19.5 Å². The lowest BCUT2D eigenvalue weighted by Gasteiger charge is -2.32. The van der Waals surface area contributed by atoms with Gasteiger partial charge in [-0.2, -0.15) is 0 Å². The van der Waals surface area contributed by atoms with Crippen molar-refractivity contribution in [1.82, 2.24) is 25.0 Å². The minimum absolute atomic E-state index is 0.0447. The SMILES string of the molecule is Cn1cnnc1[C@@H]1CCCN(C(=O)NC[C@@H]2CCS(=O)(=O)C2)C1. The standard InChI is InChI=1S/C14H23N5O3S/c1-18-10-16-17-13(18)12-3-2-5-19(8-12)14(20)15-7-11-4-6-23(21,22)9-11/h10-12H,2-9H2,1H3,(H,15,20)/t11-,12+/m0/s1. The maximum Gasteiger partial charge on any atom is 0.317 e. The molecule has 0 bridgehead atoms. The van der Waals surface area contributed by atoms with Gasteiger partial charge in [-0.3, -0.25) is 0 Å². The highest BCUT2D eigenvalue weighted by molar-refractivity contribution is 7.91. The lowest BCUT2D eigenvalue weighted by atomic mass is 9.97. The largest absolute Gasteiger partial charge is 0.338 e. The van der Waals surface area contributed by atoms with Gasteiger partial charge in [0.2, 0.25) is 0 Å². The molecule has 3 heterocycles. The Morgan fingerprint density at radius 3 is 2.91 bits per heavy atom. The molecule has 0 spiro atoms. The summed E-state index contributed by atoms with van der Waals surface area (Å²) in [5, 5.41) is 10.9. The summed E-state index contributed by atoms with van der Waals surface area (Å²) in [7, 11) is -0.983. The van der Waals surface area contributed by atoms with E-state index in [1.54, 1.807) is 11.2 Å². The number of piperidine rings is 1. The molecule has 2 amide bonds. The van der Waals surface area contributed by atoms with Crippen molar-refractivity contribution in [3.63, 3.8) is 0 Å². The number of hydrogen-bond donors (Lipinski definition) is 1. The Labute approximate surface area is 136 Å². The molecule has 1 aromatic heterocycles. The van der Waals surface area contributed by atoms with Crippen LogP contribution in [0.2, 0.25) is 0 Å². The molecule has 0 aliphatic carbocycles. The first-order chi connectivity index (χ1) is 10.9. The topological polar surface area (TPSA) is 97.2 Å². The molecule has 2 aliphatic heterocycles.